The smallest absolute Gasteiger partial charge is 0.475 e. The third-order valence-corrected chi connectivity index (χ3v) is 4.86. The van der Waals surface area contributed by atoms with Gasteiger partial charge in [0.1, 0.15) is 12.4 Å². The molecular formula is C17H25F3N4O4. The highest BCUT2D eigenvalue weighted by atomic mass is 19.4. The van der Waals surface area contributed by atoms with E-state index in [1.54, 1.807) is 0 Å². The third-order valence-electron chi connectivity index (χ3n) is 4.86. The molecule has 8 nitrogen and oxygen atoms in total. The maximum absolute atomic E-state index is 11.9. The van der Waals surface area contributed by atoms with Crippen molar-refractivity contribution in [3.63, 3.8) is 0 Å². The van der Waals surface area contributed by atoms with E-state index in [4.69, 9.17) is 14.6 Å². The molecule has 1 saturated heterocycles. The van der Waals surface area contributed by atoms with Crippen LogP contribution in [-0.4, -0.2) is 75.8 Å². The fourth-order valence-corrected chi connectivity index (χ4v) is 3.08. The van der Waals surface area contributed by atoms with Crippen LogP contribution in [0, 0.1) is 0 Å². The number of carboxylic acid groups (broad SMARTS) is 1. The predicted molar refractivity (Wildman–Crippen MR) is 92.4 cm³/mol. The lowest BCUT2D eigenvalue weighted by molar-refractivity contribution is -0.192. The van der Waals surface area contributed by atoms with Gasteiger partial charge in [0.25, 0.3) is 0 Å². The summed E-state index contributed by atoms with van der Waals surface area (Å²) in [4.78, 5) is 29.5. The van der Waals surface area contributed by atoms with Gasteiger partial charge in [-0.2, -0.15) is 13.2 Å². The normalized spacial score (nSPS) is 19.8. The number of rotatable bonds is 4. The van der Waals surface area contributed by atoms with E-state index >= 15 is 0 Å². The zero-order valence-corrected chi connectivity index (χ0v) is 15.9. The molecule has 0 spiro atoms. The largest absolute Gasteiger partial charge is 0.490 e. The molecule has 1 fully saturated rings. The standard InChI is InChI=1S/C15H24N4O2.C2HF3O2/c1-12-15-16-9-13(19(15)8-7-17(12)2)10-21-11-14(20)18-5-3-4-6-18;3-2(4,5)1(6)7/h9,12H,3-8,10-11H2,1-2H3;(H,6,7). The number of aliphatic carboxylic acids is 1. The number of amides is 1. The number of halogens is 3. The first kappa shape index (κ1) is 22.2. The number of likely N-dealkylation sites (N-methyl/N-ethyl adjacent to an activating group) is 1. The van der Waals surface area contributed by atoms with Crippen molar-refractivity contribution < 1.29 is 32.6 Å². The molecule has 1 unspecified atom stereocenters. The molecule has 0 radical (unpaired) electrons. The van der Waals surface area contributed by atoms with Gasteiger partial charge in [0, 0.05) is 26.2 Å². The maximum atomic E-state index is 11.9. The number of hydrogen-bond donors (Lipinski definition) is 1. The zero-order chi connectivity index (χ0) is 20.9. The predicted octanol–water partition coefficient (Wildman–Crippen LogP) is 1.66. The van der Waals surface area contributed by atoms with Crippen molar-refractivity contribution in [2.24, 2.45) is 0 Å². The van der Waals surface area contributed by atoms with Crippen molar-refractivity contribution in [3.8, 4) is 0 Å². The quantitative estimate of drug-likeness (QED) is 0.818. The van der Waals surface area contributed by atoms with Gasteiger partial charge in [-0.1, -0.05) is 0 Å². The zero-order valence-electron chi connectivity index (χ0n) is 15.9. The molecule has 0 bridgehead atoms. The summed E-state index contributed by atoms with van der Waals surface area (Å²) in [6, 6.07) is 0.332. The van der Waals surface area contributed by atoms with Crippen molar-refractivity contribution in [1.82, 2.24) is 19.4 Å². The van der Waals surface area contributed by atoms with Gasteiger partial charge in [0.05, 0.1) is 24.5 Å². The molecule has 1 aromatic heterocycles. The van der Waals surface area contributed by atoms with Gasteiger partial charge in [-0.25, -0.2) is 9.78 Å². The SMILES string of the molecule is CC1c2ncc(COCC(=O)N3CCCC3)n2CCN1C.O=C(O)C(F)(F)F. The van der Waals surface area contributed by atoms with E-state index in [1.807, 2.05) is 11.1 Å². The highest BCUT2D eigenvalue weighted by Crippen LogP contribution is 2.23. The Morgan fingerprint density at radius 2 is 1.86 bits per heavy atom. The Bertz CT molecular complexity index is 686. The Morgan fingerprint density at radius 1 is 1.25 bits per heavy atom. The number of carbonyl (C=O) groups is 2. The lowest BCUT2D eigenvalue weighted by Gasteiger charge is -2.31. The van der Waals surface area contributed by atoms with Crippen LogP contribution in [0.3, 0.4) is 0 Å². The van der Waals surface area contributed by atoms with Crippen molar-refractivity contribution in [2.75, 3.05) is 33.3 Å². The number of fused-ring (bicyclic) bond motifs is 1. The molecular weight excluding hydrogens is 381 g/mol. The van der Waals surface area contributed by atoms with E-state index in [2.05, 4.69) is 28.4 Å². The number of nitrogens with zero attached hydrogens (tertiary/aromatic N) is 4. The maximum Gasteiger partial charge on any atom is 0.490 e. The van der Waals surface area contributed by atoms with Crippen molar-refractivity contribution >= 4 is 11.9 Å². The summed E-state index contributed by atoms with van der Waals surface area (Å²) in [6.45, 7) is 6.53. The summed E-state index contributed by atoms with van der Waals surface area (Å²) in [5, 5.41) is 7.12. The van der Waals surface area contributed by atoms with Crippen molar-refractivity contribution in [1.29, 1.82) is 0 Å². The molecule has 1 atom stereocenters. The molecule has 2 aliphatic rings. The molecule has 1 aromatic rings. The van der Waals surface area contributed by atoms with Crippen LogP contribution in [-0.2, 0) is 27.5 Å². The molecule has 28 heavy (non-hydrogen) atoms. The number of carboxylic acids is 1. The summed E-state index contributed by atoms with van der Waals surface area (Å²) < 4.78 is 39.6. The van der Waals surface area contributed by atoms with Crippen LogP contribution in [0.2, 0.25) is 0 Å². The van der Waals surface area contributed by atoms with Crippen LogP contribution in [0.25, 0.3) is 0 Å². The van der Waals surface area contributed by atoms with Gasteiger partial charge >= 0.3 is 12.1 Å². The fraction of sp³-hybridized carbons (Fsp3) is 0.706. The topological polar surface area (TPSA) is 87.9 Å². The highest BCUT2D eigenvalue weighted by molar-refractivity contribution is 5.77. The highest BCUT2D eigenvalue weighted by Gasteiger charge is 2.38. The molecule has 3 rings (SSSR count). The number of ether oxygens (including phenoxy) is 1. The lowest BCUT2D eigenvalue weighted by Crippen LogP contribution is -2.34. The minimum atomic E-state index is -5.08. The molecule has 1 amide bonds. The van der Waals surface area contributed by atoms with Crippen LogP contribution in [0.5, 0.6) is 0 Å². The van der Waals surface area contributed by atoms with Gasteiger partial charge in [0.15, 0.2) is 0 Å². The van der Waals surface area contributed by atoms with Crippen molar-refractivity contribution in [3.05, 3.63) is 17.7 Å². The van der Waals surface area contributed by atoms with Crippen LogP contribution in [0.4, 0.5) is 13.2 Å². The van der Waals surface area contributed by atoms with E-state index in [0.717, 1.165) is 50.5 Å². The Morgan fingerprint density at radius 3 is 2.43 bits per heavy atom. The molecule has 1 N–H and O–H groups in total. The Kier molecular flexibility index (Phi) is 7.41. The summed E-state index contributed by atoms with van der Waals surface area (Å²) >= 11 is 0. The second kappa shape index (κ2) is 9.37. The van der Waals surface area contributed by atoms with E-state index in [1.165, 1.54) is 0 Å². The minimum absolute atomic E-state index is 0.110. The fourth-order valence-electron chi connectivity index (χ4n) is 3.08. The Hall–Kier alpha value is -2.14. The molecule has 11 heteroatoms. The number of carbonyl (C=O) groups excluding carboxylic acids is 1. The summed E-state index contributed by atoms with van der Waals surface area (Å²) in [7, 11) is 2.12. The van der Waals surface area contributed by atoms with E-state index in [-0.39, 0.29) is 12.5 Å². The molecule has 3 heterocycles. The molecule has 158 valence electrons. The Balaban J connectivity index is 0.000000345. The van der Waals surface area contributed by atoms with Crippen LogP contribution < -0.4 is 0 Å². The van der Waals surface area contributed by atoms with Gasteiger partial charge < -0.3 is 19.3 Å². The number of imidazole rings is 1. The first-order valence-electron chi connectivity index (χ1n) is 9.01. The van der Waals surface area contributed by atoms with Gasteiger partial charge in [0.2, 0.25) is 5.91 Å². The van der Waals surface area contributed by atoms with E-state index < -0.39 is 12.1 Å². The second-order valence-corrected chi connectivity index (χ2v) is 6.80. The first-order valence-corrected chi connectivity index (χ1v) is 9.01. The van der Waals surface area contributed by atoms with Crippen LogP contribution in [0.15, 0.2) is 6.20 Å². The van der Waals surface area contributed by atoms with Gasteiger partial charge in [-0.05, 0) is 26.8 Å². The average Bonchev–Trinajstić information content (AvgIpc) is 3.28. The molecule has 0 saturated carbocycles. The summed E-state index contributed by atoms with van der Waals surface area (Å²) in [5.74, 6) is -1.56. The third kappa shape index (κ3) is 5.68. The van der Waals surface area contributed by atoms with Crippen molar-refractivity contribution in [2.45, 2.75) is 45.1 Å². The number of alkyl halides is 3. The first-order chi connectivity index (χ1) is 13.1. The summed E-state index contributed by atoms with van der Waals surface area (Å²) in [6.07, 6.45) is -0.966. The minimum Gasteiger partial charge on any atom is -0.475 e. The van der Waals surface area contributed by atoms with E-state index in [0.29, 0.717) is 12.6 Å². The molecule has 2 aliphatic heterocycles. The molecule has 0 aromatic carbocycles. The van der Waals surface area contributed by atoms with Crippen LogP contribution >= 0.6 is 0 Å². The average molecular weight is 406 g/mol. The Labute approximate surface area is 160 Å². The number of likely N-dealkylation sites (tertiary alicyclic amines) is 1. The summed E-state index contributed by atoms with van der Waals surface area (Å²) in [5.41, 5.74) is 1.07. The van der Waals surface area contributed by atoms with Crippen LogP contribution in [0.1, 0.15) is 37.3 Å². The van der Waals surface area contributed by atoms with Gasteiger partial charge in [-0.15, -0.1) is 0 Å². The molecule has 0 aliphatic carbocycles. The monoisotopic (exact) mass is 406 g/mol. The lowest BCUT2D eigenvalue weighted by atomic mass is 10.2. The second-order valence-electron chi connectivity index (χ2n) is 6.80. The number of aromatic nitrogens is 2. The number of hydrogen-bond acceptors (Lipinski definition) is 5. The van der Waals surface area contributed by atoms with Gasteiger partial charge in [-0.3, -0.25) is 9.69 Å². The van der Waals surface area contributed by atoms with E-state index in [9.17, 15) is 18.0 Å².